The van der Waals surface area contributed by atoms with E-state index in [0.29, 0.717) is 13.1 Å². The quantitative estimate of drug-likeness (QED) is 0.728. The maximum Gasteiger partial charge on any atom is 0.335 e. The van der Waals surface area contributed by atoms with E-state index in [9.17, 15) is 13.2 Å². The van der Waals surface area contributed by atoms with Gasteiger partial charge in [0.1, 0.15) is 0 Å². The maximum atomic E-state index is 12.2. The zero-order valence-corrected chi connectivity index (χ0v) is 13.2. The number of carboxylic acids is 1. The number of hydrogen-bond acceptors (Lipinski definition) is 3. The molecule has 1 aromatic rings. The summed E-state index contributed by atoms with van der Waals surface area (Å²) in [5.41, 5.74) is 0.900. The van der Waals surface area contributed by atoms with Crippen LogP contribution in [0.2, 0.25) is 0 Å². The van der Waals surface area contributed by atoms with Crippen LogP contribution in [-0.2, 0) is 16.8 Å². The van der Waals surface area contributed by atoms with Crippen LogP contribution in [0.4, 0.5) is 0 Å². The van der Waals surface area contributed by atoms with Gasteiger partial charge in [-0.25, -0.2) is 4.79 Å². The molecule has 7 heteroatoms. The summed E-state index contributed by atoms with van der Waals surface area (Å²) >= 11 is 0. The molecular formula is C14H22N2O4S. The number of hydrogen-bond donors (Lipinski definition) is 2. The lowest BCUT2D eigenvalue weighted by molar-refractivity contribution is 0.0697. The Balaban J connectivity index is 2.69. The molecule has 0 spiro atoms. The van der Waals surface area contributed by atoms with E-state index in [0.717, 1.165) is 18.4 Å². The normalized spacial score (nSPS) is 11.8. The first-order valence-corrected chi connectivity index (χ1v) is 8.41. The van der Waals surface area contributed by atoms with Gasteiger partial charge in [-0.2, -0.15) is 17.4 Å². The largest absolute Gasteiger partial charge is 0.478 e. The van der Waals surface area contributed by atoms with Gasteiger partial charge < -0.3 is 5.11 Å². The molecule has 6 nitrogen and oxygen atoms in total. The fraction of sp³-hybridized carbons (Fsp3) is 0.500. The van der Waals surface area contributed by atoms with Crippen LogP contribution in [0.1, 0.15) is 42.6 Å². The smallest absolute Gasteiger partial charge is 0.335 e. The number of nitrogens with one attached hydrogen (secondary N) is 1. The van der Waals surface area contributed by atoms with Crippen LogP contribution in [0.15, 0.2) is 24.3 Å². The number of rotatable bonds is 9. The molecule has 118 valence electrons. The van der Waals surface area contributed by atoms with Gasteiger partial charge >= 0.3 is 5.97 Å². The molecule has 0 heterocycles. The third-order valence-corrected chi connectivity index (χ3v) is 4.50. The summed E-state index contributed by atoms with van der Waals surface area (Å²) in [6, 6.07) is 6.13. The molecule has 0 radical (unpaired) electrons. The Kier molecular flexibility index (Phi) is 6.80. The summed E-state index contributed by atoms with van der Waals surface area (Å²) in [7, 11) is -3.50. The molecule has 2 N–H and O–H groups in total. The van der Waals surface area contributed by atoms with E-state index in [1.807, 2.05) is 13.8 Å². The molecule has 0 fully saturated rings. The Morgan fingerprint density at radius 2 is 1.67 bits per heavy atom. The first kappa shape index (κ1) is 17.6. The highest BCUT2D eigenvalue weighted by Gasteiger charge is 2.19. The van der Waals surface area contributed by atoms with Crippen molar-refractivity contribution in [2.45, 2.75) is 33.2 Å². The van der Waals surface area contributed by atoms with E-state index in [4.69, 9.17) is 5.11 Å². The Morgan fingerprint density at radius 3 is 2.10 bits per heavy atom. The van der Waals surface area contributed by atoms with Crippen molar-refractivity contribution in [3.63, 3.8) is 0 Å². The van der Waals surface area contributed by atoms with Crippen molar-refractivity contribution in [1.82, 2.24) is 9.03 Å². The van der Waals surface area contributed by atoms with E-state index in [1.165, 1.54) is 16.4 Å². The summed E-state index contributed by atoms with van der Waals surface area (Å²) in [6.07, 6.45) is 1.52. The van der Waals surface area contributed by atoms with Gasteiger partial charge in [0.2, 0.25) is 0 Å². The van der Waals surface area contributed by atoms with Gasteiger partial charge in [0, 0.05) is 19.6 Å². The average molecular weight is 314 g/mol. The van der Waals surface area contributed by atoms with Crippen molar-refractivity contribution in [2.24, 2.45) is 0 Å². The van der Waals surface area contributed by atoms with Crippen molar-refractivity contribution in [3.05, 3.63) is 35.4 Å². The molecule has 0 aliphatic carbocycles. The van der Waals surface area contributed by atoms with Crippen molar-refractivity contribution >= 4 is 16.2 Å². The molecule has 0 aromatic heterocycles. The number of aromatic carboxylic acids is 1. The Morgan fingerprint density at radius 1 is 1.14 bits per heavy atom. The molecule has 1 rings (SSSR count). The third-order valence-electron chi connectivity index (χ3n) is 2.95. The molecule has 0 amide bonds. The second-order valence-corrected chi connectivity index (χ2v) is 6.48. The first-order chi connectivity index (χ1) is 9.90. The lowest BCUT2D eigenvalue weighted by Gasteiger charge is -2.21. The van der Waals surface area contributed by atoms with E-state index in [1.54, 1.807) is 12.1 Å². The van der Waals surface area contributed by atoms with E-state index >= 15 is 0 Å². The summed E-state index contributed by atoms with van der Waals surface area (Å²) in [6.45, 7) is 4.99. The number of carbonyl (C=O) groups is 1. The van der Waals surface area contributed by atoms with Crippen LogP contribution in [0, 0.1) is 0 Å². The van der Waals surface area contributed by atoms with Crippen molar-refractivity contribution < 1.29 is 18.3 Å². The average Bonchev–Trinajstić information content (AvgIpc) is 2.45. The Hall–Kier alpha value is -1.44. The first-order valence-electron chi connectivity index (χ1n) is 6.97. The third kappa shape index (κ3) is 5.45. The van der Waals surface area contributed by atoms with Gasteiger partial charge in [-0.05, 0) is 30.5 Å². The van der Waals surface area contributed by atoms with Crippen LogP contribution in [0.25, 0.3) is 0 Å². The highest BCUT2D eigenvalue weighted by atomic mass is 32.2. The van der Waals surface area contributed by atoms with Gasteiger partial charge in [-0.1, -0.05) is 26.0 Å². The summed E-state index contributed by atoms with van der Waals surface area (Å²) in [4.78, 5) is 10.7. The highest BCUT2D eigenvalue weighted by molar-refractivity contribution is 7.87. The van der Waals surface area contributed by atoms with Crippen molar-refractivity contribution in [3.8, 4) is 0 Å². The van der Waals surface area contributed by atoms with Crippen LogP contribution < -0.4 is 4.72 Å². The monoisotopic (exact) mass is 314 g/mol. The lowest BCUT2D eigenvalue weighted by atomic mass is 10.1. The predicted molar refractivity (Wildman–Crippen MR) is 81.3 cm³/mol. The summed E-state index contributed by atoms with van der Waals surface area (Å²) in [5, 5.41) is 8.81. The molecule has 1 aromatic carbocycles. The molecule has 0 atom stereocenters. The number of carboxylic acid groups (broad SMARTS) is 1. The van der Waals surface area contributed by atoms with Gasteiger partial charge in [-0.15, -0.1) is 0 Å². The van der Waals surface area contributed by atoms with Crippen molar-refractivity contribution in [2.75, 3.05) is 13.1 Å². The SMILES string of the molecule is CCCN(CCC)S(=O)(=O)NCc1ccc(C(=O)O)cc1. The van der Waals surface area contributed by atoms with E-state index in [-0.39, 0.29) is 12.1 Å². The standard InChI is InChI=1S/C14H22N2O4S/c1-3-9-16(10-4-2)21(19,20)15-11-12-5-7-13(8-6-12)14(17)18/h5-8,15H,3-4,9-11H2,1-2H3,(H,17,18). The van der Waals surface area contributed by atoms with Crippen LogP contribution in [-0.4, -0.2) is 36.9 Å². The van der Waals surface area contributed by atoms with Gasteiger partial charge in [0.25, 0.3) is 10.2 Å². The minimum Gasteiger partial charge on any atom is -0.478 e. The second-order valence-electron chi connectivity index (χ2n) is 4.73. The molecule has 0 unspecified atom stereocenters. The van der Waals surface area contributed by atoms with Crippen molar-refractivity contribution in [1.29, 1.82) is 0 Å². The fourth-order valence-electron chi connectivity index (χ4n) is 1.88. The number of nitrogens with zero attached hydrogens (tertiary/aromatic N) is 1. The lowest BCUT2D eigenvalue weighted by Crippen LogP contribution is -2.41. The molecule has 0 bridgehead atoms. The molecule has 21 heavy (non-hydrogen) atoms. The molecule has 0 aliphatic heterocycles. The van der Waals surface area contributed by atoms with Gasteiger partial charge in [0.15, 0.2) is 0 Å². The van der Waals surface area contributed by atoms with Gasteiger partial charge in [-0.3, -0.25) is 0 Å². The van der Waals surface area contributed by atoms with E-state index < -0.39 is 16.2 Å². The van der Waals surface area contributed by atoms with Crippen LogP contribution in [0.5, 0.6) is 0 Å². The van der Waals surface area contributed by atoms with Gasteiger partial charge in [0.05, 0.1) is 5.56 Å². The van der Waals surface area contributed by atoms with E-state index in [2.05, 4.69) is 4.72 Å². The molecular weight excluding hydrogens is 292 g/mol. The molecule has 0 saturated carbocycles. The minimum absolute atomic E-state index is 0.145. The maximum absolute atomic E-state index is 12.2. The topological polar surface area (TPSA) is 86.7 Å². The summed E-state index contributed by atoms with van der Waals surface area (Å²) < 4.78 is 28.3. The highest BCUT2D eigenvalue weighted by Crippen LogP contribution is 2.07. The second kappa shape index (κ2) is 8.11. The fourth-order valence-corrected chi connectivity index (χ4v) is 3.26. The Bertz CT molecular complexity index is 549. The zero-order valence-electron chi connectivity index (χ0n) is 12.4. The zero-order chi connectivity index (χ0) is 15.9. The summed E-state index contributed by atoms with van der Waals surface area (Å²) in [5.74, 6) is -1.00. The van der Waals surface area contributed by atoms with Crippen LogP contribution >= 0.6 is 0 Å². The Labute approximate surface area is 126 Å². The predicted octanol–water partition coefficient (Wildman–Crippen LogP) is 1.84. The van der Waals surface area contributed by atoms with Crippen LogP contribution in [0.3, 0.4) is 0 Å². The molecule has 0 aliphatic rings. The minimum atomic E-state index is -3.50. The number of benzene rings is 1. The molecule has 0 saturated heterocycles.